The molecule has 0 saturated heterocycles. The number of rotatable bonds is 8. The van der Waals surface area contributed by atoms with Gasteiger partial charge in [-0.25, -0.2) is 12.7 Å². The Morgan fingerprint density at radius 2 is 1.71 bits per heavy atom. The predicted octanol–water partition coefficient (Wildman–Crippen LogP) is 2.37. The molecule has 0 aliphatic heterocycles. The monoisotopic (exact) mass is 312 g/mol. The van der Waals surface area contributed by atoms with Crippen molar-refractivity contribution in [3.05, 3.63) is 34.4 Å². The molecule has 0 aromatic heterocycles. The van der Waals surface area contributed by atoms with E-state index < -0.39 is 10.0 Å². The summed E-state index contributed by atoms with van der Waals surface area (Å²) in [6, 6.07) is 4.45. The van der Waals surface area contributed by atoms with Gasteiger partial charge in [-0.3, -0.25) is 0 Å². The first-order valence-corrected chi connectivity index (χ1v) is 9.33. The molecule has 0 saturated carbocycles. The molecule has 0 spiro atoms. The third-order valence-corrected chi connectivity index (χ3v) is 5.23. The van der Waals surface area contributed by atoms with Crippen LogP contribution in [-0.4, -0.2) is 38.6 Å². The highest BCUT2D eigenvalue weighted by Gasteiger charge is 2.12. The highest BCUT2D eigenvalue weighted by atomic mass is 32.2. The highest BCUT2D eigenvalue weighted by molar-refractivity contribution is 7.88. The number of nitrogens with zero attached hydrogens (tertiary/aromatic N) is 1. The molecule has 1 rings (SSSR count). The van der Waals surface area contributed by atoms with Gasteiger partial charge in [0.05, 0.1) is 6.26 Å². The number of hydrogen-bond acceptors (Lipinski definition) is 3. The van der Waals surface area contributed by atoms with E-state index >= 15 is 0 Å². The second kappa shape index (κ2) is 7.92. The van der Waals surface area contributed by atoms with E-state index in [4.69, 9.17) is 0 Å². The van der Waals surface area contributed by atoms with Gasteiger partial charge in [0.2, 0.25) is 10.0 Å². The summed E-state index contributed by atoms with van der Waals surface area (Å²) >= 11 is 0. The van der Waals surface area contributed by atoms with E-state index in [2.05, 4.69) is 38.2 Å². The van der Waals surface area contributed by atoms with Crippen LogP contribution >= 0.6 is 0 Å². The Hall–Kier alpha value is -0.910. The lowest BCUT2D eigenvalue weighted by atomic mass is 10.0. The first-order valence-electron chi connectivity index (χ1n) is 7.48. The minimum Gasteiger partial charge on any atom is -0.313 e. The lowest BCUT2D eigenvalue weighted by molar-refractivity contribution is 0.419. The van der Waals surface area contributed by atoms with Crippen molar-refractivity contribution in [3.63, 3.8) is 0 Å². The molecule has 0 atom stereocenters. The van der Waals surface area contributed by atoms with Crippen LogP contribution in [0.4, 0.5) is 0 Å². The van der Waals surface area contributed by atoms with Gasteiger partial charge in [-0.2, -0.15) is 0 Å². The summed E-state index contributed by atoms with van der Waals surface area (Å²) in [5, 5.41) is 3.40. The van der Waals surface area contributed by atoms with Crippen LogP contribution in [-0.2, 0) is 16.6 Å². The summed E-state index contributed by atoms with van der Waals surface area (Å²) in [7, 11) is -3.07. The third-order valence-electron chi connectivity index (χ3n) is 3.85. The van der Waals surface area contributed by atoms with Crippen molar-refractivity contribution in [2.75, 3.05) is 25.9 Å². The molecule has 0 aliphatic carbocycles. The molecule has 0 aliphatic rings. The normalized spacial score (nSPS) is 12.1. The van der Waals surface area contributed by atoms with Crippen LogP contribution in [0.5, 0.6) is 0 Å². The molecule has 4 nitrogen and oxygen atoms in total. The minimum atomic E-state index is -3.07. The highest BCUT2D eigenvalue weighted by Crippen LogP contribution is 2.15. The molecular weight excluding hydrogens is 284 g/mol. The van der Waals surface area contributed by atoms with Crippen LogP contribution in [0.15, 0.2) is 12.1 Å². The van der Waals surface area contributed by atoms with E-state index in [1.54, 1.807) is 0 Å². The van der Waals surface area contributed by atoms with Gasteiger partial charge in [0.15, 0.2) is 0 Å². The fourth-order valence-corrected chi connectivity index (χ4v) is 3.30. The van der Waals surface area contributed by atoms with E-state index in [0.717, 1.165) is 19.5 Å². The van der Waals surface area contributed by atoms with Crippen molar-refractivity contribution in [2.24, 2.45) is 0 Å². The van der Waals surface area contributed by atoms with Crippen molar-refractivity contribution in [1.82, 2.24) is 9.62 Å². The number of aryl methyl sites for hydroxylation is 3. The molecule has 0 unspecified atom stereocenters. The molecular formula is C16H28N2O2S. The summed E-state index contributed by atoms with van der Waals surface area (Å²) < 4.78 is 24.4. The van der Waals surface area contributed by atoms with Crippen molar-refractivity contribution in [2.45, 2.75) is 40.7 Å². The second-order valence-electron chi connectivity index (χ2n) is 5.65. The average Bonchev–Trinajstić information content (AvgIpc) is 2.37. The zero-order chi connectivity index (χ0) is 16.0. The lowest BCUT2D eigenvalue weighted by Gasteiger charge is -2.17. The Kier molecular flexibility index (Phi) is 6.84. The number of nitrogens with one attached hydrogen (secondary N) is 1. The molecule has 120 valence electrons. The standard InChI is InChI=1S/C16H28N2O2S/c1-6-18(21(5,19)20)9-7-8-17-12-16-11-14(3)13(2)10-15(16)4/h10-11,17H,6-9,12H2,1-5H3. The Labute approximate surface area is 129 Å². The number of sulfonamides is 1. The molecule has 21 heavy (non-hydrogen) atoms. The van der Waals surface area contributed by atoms with Crippen LogP contribution in [0.3, 0.4) is 0 Å². The van der Waals surface area contributed by atoms with Gasteiger partial charge < -0.3 is 5.32 Å². The lowest BCUT2D eigenvalue weighted by Crippen LogP contribution is -2.32. The van der Waals surface area contributed by atoms with E-state index in [9.17, 15) is 8.42 Å². The smallest absolute Gasteiger partial charge is 0.211 e. The Bertz CT molecular complexity index is 568. The van der Waals surface area contributed by atoms with Crippen LogP contribution in [0.25, 0.3) is 0 Å². The molecule has 1 aromatic carbocycles. The summed E-state index contributed by atoms with van der Waals surface area (Å²) in [6.45, 7) is 11.0. The minimum absolute atomic E-state index is 0.537. The van der Waals surface area contributed by atoms with Gasteiger partial charge in [-0.1, -0.05) is 19.1 Å². The first-order chi connectivity index (χ1) is 9.75. The SMILES string of the molecule is CCN(CCCNCc1cc(C)c(C)cc1C)S(C)(=O)=O. The molecule has 0 bridgehead atoms. The third kappa shape index (κ3) is 5.77. The van der Waals surface area contributed by atoms with Crippen molar-refractivity contribution in [1.29, 1.82) is 0 Å². The summed E-state index contributed by atoms with van der Waals surface area (Å²) in [4.78, 5) is 0. The van der Waals surface area contributed by atoms with E-state index in [1.807, 2.05) is 6.92 Å². The topological polar surface area (TPSA) is 49.4 Å². The number of benzene rings is 1. The van der Waals surface area contributed by atoms with E-state index in [0.29, 0.717) is 13.1 Å². The maximum atomic E-state index is 11.5. The maximum absolute atomic E-state index is 11.5. The molecule has 0 amide bonds. The van der Waals surface area contributed by atoms with Crippen molar-refractivity contribution >= 4 is 10.0 Å². The summed E-state index contributed by atoms with van der Waals surface area (Å²) in [6.07, 6.45) is 2.09. The molecule has 1 aromatic rings. The summed E-state index contributed by atoms with van der Waals surface area (Å²) in [5.74, 6) is 0. The fourth-order valence-electron chi connectivity index (χ4n) is 2.37. The van der Waals surface area contributed by atoms with Gasteiger partial charge in [0.1, 0.15) is 0 Å². The quantitative estimate of drug-likeness (QED) is 0.750. The Morgan fingerprint density at radius 1 is 1.10 bits per heavy atom. The van der Waals surface area contributed by atoms with Gasteiger partial charge in [0, 0.05) is 19.6 Å². The molecule has 5 heteroatoms. The number of hydrogen-bond donors (Lipinski definition) is 1. The second-order valence-corrected chi connectivity index (χ2v) is 7.63. The van der Waals surface area contributed by atoms with Crippen LogP contribution < -0.4 is 5.32 Å². The predicted molar refractivity (Wildman–Crippen MR) is 89.1 cm³/mol. The fraction of sp³-hybridized carbons (Fsp3) is 0.625. The zero-order valence-corrected chi connectivity index (χ0v) is 14.7. The van der Waals surface area contributed by atoms with Gasteiger partial charge >= 0.3 is 0 Å². The van der Waals surface area contributed by atoms with E-state index in [-0.39, 0.29) is 0 Å². The largest absolute Gasteiger partial charge is 0.313 e. The molecule has 0 heterocycles. The first kappa shape index (κ1) is 18.1. The van der Waals surface area contributed by atoms with Crippen LogP contribution in [0.2, 0.25) is 0 Å². The Balaban J connectivity index is 2.40. The van der Waals surface area contributed by atoms with Crippen molar-refractivity contribution < 1.29 is 8.42 Å². The molecule has 0 radical (unpaired) electrons. The zero-order valence-electron chi connectivity index (χ0n) is 13.9. The average molecular weight is 312 g/mol. The maximum Gasteiger partial charge on any atom is 0.211 e. The van der Waals surface area contributed by atoms with Crippen molar-refractivity contribution in [3.8, 4) is 0 Å². The van der Waals surface area contributed by atoms with Gasteiger partial charge in [-0.05, 0) is 56.0 Å². The summed E-state index contributed by atoms with van der Waals surface area (Å²) in [5.41, 5.74) is 5.25. The molecule has 0 fully saturated rings. The van der Waals surface area contributed by atoms with Gasteiger partial charge in [0.25, 0.3) is 0 Å². The van der Waals surface area contributed by atoms with Crippen LogP contribution in [0.1, 0.15) is 35.6 Å². The molecule has 1 N–H and O–H groups in total. The van der Waals surface area contributed by atoms with Gasteiger partial charge in [-0.15, -0.1) is 0 Å². The van der Waals surface area contributed by atoms with Crippen LogP contribution in [0, 0.1) is 20.8 Å². The Morgan fingerprint density at radius 3 is 2.29 bits per heavy atom. The van der Waals surface area contributed by atoms with E-state index in [1.165, 1.54) is 32.8 Å².